The molecule has 0 radical (unpaired) electrons. The molecule has 1 N–H and O–H groups in total. The molecule has 0 saturated carbocycles. The van der Waals surface area contributed by atoms with Crippen LogP contribution in [0, 0.1) is 6.92 Å². The van der Waals surface area contributed by atoms with E-state index < -0.39 is 10.0 Å². The van der Waals surface area contributed by atoms with Crippen LogP contribution in [-0.2, 0) is 23.6 Å². The number of pyridine rings is 1. The van der Waals surface area contributed by atoms with Crippen molar-refractivity contribution >= 4 is 16.1 Å². The molecule has 2 aromatic heterocycles. The second-order valence-electron chi connectivity index (χ2n) is 6.06. The Bertz CT molecular complexity index is 1020. The fourth-order valence-electron chi connectivity index (χ4n) is 2.39. The van der Waals surface area contributed by atoms with Crippen molar-refractivity contribution in [3.63, 3.8) is 0 Å². The minimum Gasteiger partial charge on any atom is -0.275 e. The summed E-state index contributed by atoms with van der Waals surface area (Å²) in [5.74, 6) is 0. The van der Waals surface area contributed by atoms with Crippen LogP contribution in [0.1, 0.15) is 16.7 Å². The largest absolute Gasteiger partial charge is 0.275 e. The maximum Gasteiger partial charge on any atom is 0.234 e. The zero-order valence-electron chi connectivity index (χ0n) is 14.6. The molecule has 0 aliphatic heterocycles. The van der Waals surface area contributed by atoms with Crippen LogP contribution in [0.5, 0.6) is 0 Å². The van der Waals surface area contributed by atoms with Gasteiger partial charge in [-0.15, -0.1) is 0 Å². The predicted molar refractivity (Wildman–Crippen MR) is 102 cm³/mol. The van der Waals surface area contributed by atoms with Crippen LogP contribution in [0.3, 0.4) is 0 Å². The second kappa shape index (κ2) is 7.63. The molecule has 7 heteroatoms. The minimum atomic E-state index is -3.54. The first-order valence-corrected chi connectivity index (χ1v) is 9.63. The normalized spacial score (nSPS) is 11.9. The van der Waals surface area contributed by atoms with Gasteiger partial charge in [0.15, 0.2) is 0 Å². The van der Waals surface area contributed by atoms with E-state index in [0.717, 1.165) is 27.8 Å². The predicted octanol–water partition coefficient (Wildman–Crippen LogP) is 2.88. The summed E-state index contributed by atoms with van der Waals surface area (Å²) in [4.78, 5) is 4.18. The van der Waals surface area contributed by atoms with Crippen LogP contribution in [0.2, 0.25) is 0 Å². The van der Waals surface area contributed by atoms with Crippen molar-refractivity contribution in [1.29, 1.82) is 0 Å². The van der Waals surface area contributed by atoms with E-state index >= 15 is 0 Å². The van der Waals surface area contributed by atoms with Gasteiger partial charge in [-0.3, -0.25) is 9.67 Å². The van der Waals surface area contributed by atoms with E-state index in [9.17, 15) is 8.42 Å². The number of aromatic nitrogens is 3. The van der Waals surface area contributed by atoms with Crippen LogP contribution in [0.4, 0.5) is 0 Å². The molecule has 0 unspecified atom stereocenters. The number of hydrogen-bond acceptors (Lipinski definition) is 4. The van der Waals surface area contributed by atoms with Crippen molar-refractivity contribution in [2.45, 2.75) is 13.5 Å². The molecule has 6 nitrogen and oxygen atoms in total. The number of nitrogens with zero attached hydrogens (tertiary/aromatic N) is 3. The average molecular weight is 368 g/mol. The SMILES string of the molecule is Cc1ccc(C=CS(=O)(=O)NCc2cncc(-c3cnn(C)c3)c2)cc1. The van der Waals surface area contributed by atoms with Crippen LogP contribution < -0.4 is 4.72 Å². The van der Waals surface area contributed by atoms with Gasteiger partial charge in [-0.2, -0.15) is 5.10 Å². The van der Waals surface area contributed by atoms with E-state index in [1.54, 1.807) is 29.3 Å². The molecule has 1 aromatic carbocycles. The van der Waals surface area contributed by atoms with Crippen LogP contribution in [-0.4, -0.2) is 23.2 Å². The molecule has 26 heavy (non-hydrogen) atoms. The van der Waals surface area contributed by atoms with Gasteiger partial charge in [0.1, 0.15) is 0 Å². The highest BCUT2D eigenvalue weighted by atomic mass is 32.2. The summed E-state index contributed by atoms with van der Waals surface area (Å²) >= 11 is 0. The quantitative estimate of drug-likeness (QED) is 0.726. The Morgan fingerprint density at radius 2 is 1.88 bits per heavy atom. The van der Waals surface area contributed by atoms with Gasteiger partial charge in [-0.25, -0.2) is 13.1 Å². The molecule has 0 spiro atoms. The summed E-state index contributed by atoms with van der Waals surface area (Å²) in [5.41, 5.74) is 4.57. The molecule has 0 aliphatic rings. The maximum absolute atomic E-state index is 12.2. The van der Waals surface area contributed by atoms with E-state index in [4.69, 9.17) is 0 Å². The summed E-state index contributed by atoms with van der Waals surface area (Å²) in [6.07, 6.45) is 8.58. The van der Waals surface area contributed by atoms with Crippen molar-refractivity contribution < 1.29 is 8.42 Å². The number of benzene rings is 1. The summed E-state index contributed by atoms with van der Waals surface area (Å²) in [6, 6.07) is 9.53. The molecule has 0 aliphatic carbocycles. The number of rotatable bonds is 6. The van der Waals surface area contributed by atoms with Gasteiger partial charge in [0.2, 0.25) is 10.0 Å². The monoisotopic (exact) mass is 368 g/mol. The van der Waals surface area contributed by atoms with Crippen molar-refractivity contribution in [2.24, 2.45) is 7.05 Å². The number of nitrogens with one attached hydrogen (secondary N) is 1. The highest BCUT2D eigenvalue weighted by molar-refractivity contribution is 7.92. The first-order chi connectivity index (χ1) is 12.4. The smallest absolute Gasteiger partial charge is 0.234 e. The molecule has 0 bridgehead atoms. The second-order valence-corrected chi connectivity index (χ2v) is 7.71. The Kier molecular flexibility index (Phi) is 5.29. The summed E-state index contributed by atoms with van der Waals surface area (Å²) in [5, 5.41) is 5.31. The van der Waals surface area contributed by atoms with Gasteiger partial charge >= 0.3 is 0 Å². The van der Waals surface area contributed by atoms with Gasteiger partial charge in [0, 0.05) is 48.7 Å². The van der Waals surface area contributed by atoms with E-state index in [1.807, 2.05) is 50.5 Å². The zero-order chi connectivity index (χ0) is 18.6. The molecular formula is C19H20N4O2S. The van der Waals surface area contributed by atoms with Gasteiger partial charge < -0.3 is 0 Å². The van der Waals surface area contributed by atoms with Gasteiger partial charge in [-0.05, 0) is 30.2 Å². The highest BCUT2D eigenvalue weighted by Crippen LogP contribution is 2.18. The van der Waals surface area contributed by atoms with Gasteiger partial charge in [0.25, 0.3) is 0 Å². The fraction of sp³-hybridized carbons (Fsp3) is 0.158. The maximum atomic E-state index is 12.2. The van der Waals surface area contributed by atoms with E-state index in [-0.39, 0.29) is 6.54 Å². The number of hydrogen-bond donors (Lipinski definition) is 1. The lowest BCUT2D eigenvalue weighted by molar-refractivity contribution is 0.590. The third kappa shape index (κ3) is 4.87. The third-order valence-electron chi connectivity index (χ3n) is 3.83. The van der Waals surface area contributed by atoms with Crippen molar-refractivity contribution in [3.05, 3.63) is 77.2 Å². The van der Waals surface area contributed by atoms with Crippen molar-refractivity contribution in [1.82, 2.24) is 19.5 Å². The molecule has 0 atom stereocenters. The molecule has 0 fully saturated rings. The van der Waals surface area contributed by atoms with Crippen LogP contribution in [0.25, 0.3) is 17.2 Å². The van der Waals surface area contributed by atoms with Gasteiger partial charge in [-0.1, -0.05) is 29.8 Å². The Morgan fingerprint density at radius 1 is 1.12 bits per heavy atom. The van der Waals surface area contributed by atoms with Gasteiger partial charge in [0.05, 0.1) is 6.20 Å². The molecule has 3 rings (SSSR count). The number of sulfonamides is 1. The highest BCUT2D eigenvalue weighted by Gasteiger charge is 2.07. The first-order valence-electron chi connectivity index (χ1n) is 8.09. The van der Waals surface area contributed by atoms with E-state index in [1.165, 1.54) is 5.41 Å². The lowest BCUT2D eigenvalue weighted by atomic mass is 10.1. The average Bonchev–Trinajstić information content (AvgIpc) is 3.07. The first kappa shape index (κ1) is 18.0. The molecule has 3 aromatic rings. The lowest BCUT2D eigenvalue weighted by Crippen LogP contribution is -2.20. The molecule has 0 amide bonds. The molecule has 2 heterocycles. The summed E-state index contributed by atoms with van der Waals surface area (Å²) in [7, 11) is -1.69. The Morgan fingerprint density at radius 3 is 2.58 bits per heavy atom. The number of aryl methyl sites for hydroxylation is 2. The summed E-state index contributed by atoms with van der Waals surface area (Å²) < 4.78 is 28.6. The van der Waals surface area contributed by atoms with Crippen LogP contribution >= 0.6 is 0 Å². The zero-order valence-corrected chi connectivity index (χ0v) is 15.4. The van der Waals surface area contributed by atoms with Crippen molar-refractivity contribution in [3.8, 4) is 11.1 Å². The molecule has 134 valence electrons. The Labute approximate surface area is 153 Å². The fourth-order valence-corrected chi connectivity index (χ4v) is 3.19. The molecular weight excluding hydrogens is 348 g/mol. The minimum absolute atomic E-state index is 0.168. The standard InChI is InChI=1S/C19H20N4O2S/c1-15-3-5-16(6-4-15)7-8-26(24,25)22-11-17-9-18(12-20-10-17)19-13-21-23(2)14-19/h3-10,12-14,22H,11H2,1-2H3. The lowest BCUT2D eigenvalue weighted by Gasteiger charge is -2.05. The van der Waals surface area contributed by atoms with Crippen molar-refractivity contribution in [2.75, 3.05) is 0 Å². The topological polar surface area (TPSA) is 76.9 Å². The Hall–Kier alpha value is -2.77. The third-order valence-corrected chi connectivity index (χ3v) is 4.87. The van der Waals surface area contributed by atoms with E-state index in [0.29, 0.717) is 0 Å². The van der Waals surface area contributed by atoms with Crippen LogP contribution in [0.15, 0.2) is 60.5 Å². The molecule has 0 saturated heterocycles. The Balaban J connectivity index is 1.67. The summed E-state index contributed by atoms with van der Waals surface area (Å²) in [6.45, 7) is 2.15. The van der Waals surface area contributed by atoms with E-state index in [2.05, 4.69) is 14.8 Å².